The third kappa shape index (κ3) is 8.60. The van der Waals surface area contributed by atoms with Gasteiger partial charge >= 0.3 is 6.09 Å². The van der Waals surface area contributed by atoms with Gasteiger partial charge in [-0.05, 0) is 28.8 Å². The third-order valence-corrected chi connectivity index (χ3v) is 11.2. The second-order valence-electron chi connectivity index (χ2n) is 14.1. The number of aliphatic hydroxyl groups is 1. The van der Waals surface area contributed by atoms with Gasteiger partial charge in [-0.3, -0.25) is 9.59 Å². The standard InChI is InChI=1S/C46H41N3O8S/c1-29-38(28-58-46-48-40(32-14-7-3-8-15-32)42(57-46)33-16-9-4-10-17-33)55-44(56-41(29)34-22-20-30(26-50)21-23-34)35-18-11-19-36(24-35)49-39(51)25-37(43(49)52)47-45(53)54-27-31-12-5-2-6-13-31/h2-24,29,37-38,41,44,50H,25-28H2,1H3,(H,47,53)/t29-,37?,38+,41+,44+/m1/s1. The monoisotopic (exact) mass is 795 g/mol. The first-order valence-electron chi connectivity index (χ1n) is 19.0. The van der Waals surface area contributed by atoms with E-state index in [0.29, 0.717) is 28.0 Å². The number of hydrogen-bond acceptors (Lipinski definition) is 10. The van der Waals surface area contributed by atoms with Gasteiger partial charge in [-0.2, -0.15) is 0 Å². The van der Waals surface area contributed by atoms with Gasteiger partial charge < -0.3 is 29.1 Å². The minimum absolute atomic E-state index is 0.0286. The lowest BCUT2D eigenvalue weighted by molar-refractivity contribution is -0.268. The molecule has 2 aliphatic rings. The van der Waals surface area contributed by atoms with Crippen molar-refractivity contribution in [3.8, 4) is 22.6 Å². The molecule has 6 aromatic rings. The van der Waals surface area contributed by atoms with Crippen LogP contribution in [0.3, 0.4) is 0 Å². The minimum atomic E-state index is -1.07. The third-order valence-electron chi connectivity index (χ3n) is 10.2. The molecule has 0 spiro atoms. The fraction of sp³-hybridized carbons (Fsp3) is 0.217. The van der Waals surface area contributed by atoms with E-state index in [-0.39, 0.29) is 31.7 Å². The van der Waals surface area contributed by atoms with Crippen molar-refractivity contribution < 1.29 is 38.1 Å². The quantitative estimate of drug-likeness (QED) is 0.0914. The largest absolute Gasteiger partial charge is 0.445 e. The highest BCUT2D eigenvalue weighted by atomic mass is 32.2. The summed E-state index contributed by atoms with van der Waals surface area (Å²) in [5.41, 5.74) is 6.03. The van der Waals surface area contributed by atoms with Crippen LogP contribution in [0.15, 0.2) is 149 Å². The molecule has 5 atom stereocenters. The maximum atomic E-state index is 13.6. The van der Waals surface area contributed by atoms with Crippen LogP contribution in [-0.2, 0) is 37.0 Å². The first kappa shape index (κ1) is 38.8. The van der Waals surface area contributed by atoms with Crippen LogP contribution >= 0.6 is 11.8 Å². The summed E-state index contributed by atoms with van der Waals surface area (Å²) in [5.74, 6) is 0.0101. The lowest BCUT2D eigenvalue weighted by atomic mass is 9.91. The molecule has 0 radical (unpaired) electrons. The first-order valence-corrected chi connectivity index (χ1v) is 20.0. The molecule has 5 aromatic carbocycles. The molecule has 294 valence electrons. The number of amides is 3. The van der Waals surface area contributed by atoms with E-state index < -0.39 is 36.3 Å². The van der Waals surface area contributed by atoms with E-state index in [2.05, 4.69) is 12.2 Å². The Kier molecular flexibility index (Phi) is 11.8. The summed E-state index contributed by atoms with van der Waals surface area (Å²) in [4.78, 5) is 45.4. The number of carbonyl (C=O) groups excluding carboxylic acids is 3. The number of carbonyl (C=O) groups is 3. The molecule has 12 heteroatoms. The molecular formula is C46H41N3O8S. The Balaban J connectivity index is 1.02. The fourth-order valence-corrected chi connectivity index (χ4v) is 8.12. The number of aliphatic hydroxyl groups excluding tert-OH is 1. The molecule has 1 unspecified atom stereocenters. The molecular weight excluding hydrogens is 755 g/mol. The number of imide groups is 1. The van der Waals surface area contributed by atoms with Gasteiger partial charge in [0.2, 0.25) is 5.91 Å². The molecule has 3 amide bonds. The summed E-state index contributed by atoms with van der Waals surface area (Å²) >= 11 is 1.45. The van der Waals surface area contributed by atoms with Crippen LogP contribution in [0, 0.1) is 5.92 Å². The molecule has 2 saturated heterocycles. The van der Waals surface area contributed by atoms with E-state index in [0.717, 1.165) is 38.4 Å². The topological polar surface area (TPSA) is 140 Å². The summed E-state index contributed by atoms with van der Waals surface area (Å²) < 4.78 is 25.1. The lowest BCUT2D eigenvalue weighted by Gasteiger charge is -2.41. The number of oxazole rings is 1. The number of benzene rings is 5. The van der Waals surface area contributed by atoms with Gasteiger partial charge in [-0.15, -0.1) is 0 Å². The summed E-state index contributed by atoms with van der Waals surface area (Å²) in [7, 11) is 0. The van der Waals surface area contributed by atoms with E-state index in [9.17, 15) is 19.5 Å². The molecule has 0 saturated carbocycles. The van der Waals surface area contributed by atoms with Crippen molar-refractivity contribution in [3.63, 3.8) is 0 Å². The number of aromatic nitrogens is 1. The molecule has 58 heavy (non-hydrogen) atoms. The average Bonchev–Trinajstić information content (AvgIpc) is 3.82. The van der Waals surface area contributed by atoms with Gasteiger partial charge in [0, 0.05) is 28.4 Å². The van der Waals surface area contributed by atoms with Gasteiger partial charge in [0.1, 0.15) is 18.3 Å². The number of alkyl carbamates (subject to hydrolysis) is 1. The van der Waals surface area contributed by atoms with Crippen molar-refractivity contribution in [3.05, 3.63) is 162 Å². The number of nitrogens with one attached hydrogen (secondary N) is 1. The number of thioether (sulfide) groups is 1. The Morgan fingerprint density at radius 3 is 2.22 bits per heavy atom. The number of nitrogens with zero attached hydrogens (tertiary/aromatic N) is 2. The van der Waals surface area contributed by atoms with Crippen molar-refractivity contribution >= 4 is 35.4 Å². The van der Waals surface area contributed by atoms with Crippen molar-refractivity contribution in [1.82, 2.24) is 10.3 Å². The Morgan fingerprint density at radius 2 is 1.52 bits per heavy atom. The van der Waals surface area contributed by atoms with E-state index in [4.69, 9.17) is 23.6 Å². The van der Waals surface area contributed by atoms with Crippen LogP contribution in [0.5, 0.6) is 0 Å². The maximum Gasteiger partial charge on any atom is 0.408 e. The number of anilines is 1. The minimum Gasteiger partial charge on any atom is -0.445 e. The van der Waals surface area contributed by atoms with Crippen LogP contribution < -0.4 is 10.2 Å². The Bertz CT molecular complexity index is 2300. The van der Waals surface area contributed by atoms with E-state index >= 15 is 0 Å². The SMILES string of the molecule is C[C@@H]1[C@H](CSc2nc(-c3ccccc3)c(-c3ccccc3)o2)O[C@H](c2cccc(N3C(=O)CC(NC(=O)OCc4ccccc4)C3=O)c2)O[C@@H]1c1ccc(CO)cc1. The summed E-state index contributed by atoms with van der Waals surface area (Å²) in [6.07, 6.45) is -2.63. The Labute approximate surface area is 340 Å². The van der Waals surface area contributed by atoms with Gasteiger partial charge in [0.25, 0.3) is 11.1 Å². The van der Waals surface area contributed by atoms with Crippen molar-refractivity contribution in [2.45, 2.75) is 56.3 Å². The predicted octanol–water partition coefficient (Wildman–Crippen LogP) is 8.64. The molecule has 0 bridgehead atoms. The highest BCUT2D eigenvalue weighted by Gasteiger charge is 2.42. The normalized spacial score (nSPS) is 20.6. The molecule has 11 nitrogen and oxygen atoms in total. The number of rotatable bonds is 12. The Morgan fingerprint density at radius 1 is 0.828 bits per heavy atom. The average molecular weight is 796 g/mol. The molecule has 2 N–H and O–H groups in total. The molecule has 2 aliphatic heterocycles. The van der Waals surface area contributed by atoms with Crippen molar-refractivity contribution in [2.24, 2.45) is 5.92 Å². The zero-order valence-corrected chi connectivity index (χ0v) is 32.4. The molecule has 0 aliphatic carbocycles. The maximum absolute atomic E-state index is 13.6. The van der Waals surface area contributed by atoms with Gasteiger partial charge in [-0.25, -0.2) is 14.7 Å². The number of hydrogen-bond donors (Lipinski definition) is 2. The molecule has 2 fully saturated rings. The second-order valence-corrected chi connectivity index (χ2v) is 15.1. The van der Waals surface area contributed by atoms with Crippen LogP contribution in [-0.4, -0.2) is 45.9 Å². The van der Waals surface area contributed by atoms with Crippen LogP contribution in [0.4, 0.5) is 10.5 Å². The summed E-state index contributed by atoms with van der Waals surface area (Å²) in [6.45, 7) is 2.02. The Hall–Kier alpha value is -6.05. The van der Waals surface area contributed by atoms with E-state index in [1.165, 1.54) is 11.8 Å². The lowest BCUT2D eigenvalue weighted by Crippen LogP contribution is -2.42. The van der Waals surface area contributed by atoms with Crippen molar-refractivity contribution in [2.75, 3.05) is 10.7 Å². The van der Waals surface area contributed by atoms with Crippen LogP contribution in [0.2, 0.25) is 0 Å². The van der Waals surface area contributed by atoms with Gasteiger partial charge in [0.05, 0.1) is 30.9 Å². The van der Waals surface area contributed by atoms with Crippen LogP contribution in [0.25, 0.3) is 22.6 Å². The summed E-state index contributed by atoms with van der Waals surface area (Å²) in [6, 6.07) is 42.5. The smallest absolute Gasteiger partial charge is 0.408 e. The number of ether oxygens (including phenoxy) is 3. The zero-order valence-electron chi connectivity index (χ0n) is 31.6. The van der Waals surface area contributed by atoms with E-state index in [1.807, 2.05) is 121 Å². The fourth-order valence-electron chi connectivity index (χ4n) is 7.14. The highest BCUT2D eigenvalue weighted by molar-refractivity contribution is 7.99. The van der Waals surface area contributed by atoms with Gasteiger partial charge in [-0.1, -0.05) is 146 Å². The highest BCUT2D eigenvalue weighted by Crippen LogP contribution is 2.44. The molecule has 8 rings (SSSR count). The zero-order chi connectivity index (χ0) is 40.0. The second kappa shape index (κ2) is 17.6. The molecule has 1 aromatic heterocycles. The van der Waals surface area contributed by atoms with Crippen LogP contribution in [0.1, 0.15) is 48.0 Å². The van der Waals surface area contributed by atoms with Gasteiger partial charge in [0.15, 0.2) is 12.1 Å². The van der Waals surface area contributed by atoms with E-state index in [1.54, 1.807) is 18.2 Å². The van der Waals surface area contributed by atoms with Crippen molar-refractivity contribution in [1.29, 1.82) is 0 Å². The first-order chi connectivity index (χ1) is 28.3. The summed E-state index contributed by atoms with van der Waals surface area (Å²) in [5, 5.41) is 12.7. The molecule has 3 heterocycles. The predicted molar refractivity (Wildman–Crippen MR) is 218 cm³/mol.